The highest BCUT2D eigenvalue weighted by atomic mass is 32.3. The Bertz CT molecular complexity index is 1080. The van der Waals surface area contributed by atoms with Gasteiger partial charge < -0.3 is 20.5 Å². The number of hydrogen-bond donors (Lipinski definition) is 3. The molecule has 1 heterocycles. The Morgan fingerprint density at radius 1 is 1.28 bits per heavy atom. The van der Waals surface area contributed by atoms with E-state index in [0.717, 1.165) is 5.39 Å². The standard InChI is InChI=1S/C20H22N4O4S/c1-4-21-20(26)29(3,24-27)18-7-5-6-16-17(8-9-22-19(16)18)23-13-10-14(25)12-15(11-13)28-2/h5-12,25H,4H2,1-3H3,(H,21,26)(H,22,23). The lowest BCUT2D eigenvalue weighted by molar-refractivity contribution is 0.260. The number of carbonyl (C=O) groups is 1. The van der Waals surface area contributed by atoms with Gasteiger partial charge in [-0.05, 0) is 29.9 Å². The van der Waals surface area contributed by atoms with Gasteiger partial charge in [0.2, 0.25) is 0 Å². The van der Waals surface area contributed by atoms with Crippen molar-refractivity contribution in [2.24, 2.45) is 4.58 Å². The van der Waals surface area contributed by atoms with Crippen molar-refractivity contribution in [3.8, 4) is 11.5 Å². The number of para-hydroxylation sites is 1. The van der Waals surface area contributed by atoms with Crippen LogP contribution in [0.1, 0.15) is 6.92 Å². The smallest absolute Gasteiger partial charge is 0.287 e. The van der Waals surface area contributed by atoms with Gasteiger partial charge >= 0.3 is 0 Å². The molecule has 1 atom stereocenters. The van der Waals surface area contributed by atoms with Crippen molar-refractivity contribution < 1.29 is 14.6 Å². The molecule has 1 amide bonds. The van der Waals surface area contributed by atoms with Crippen LogP contribution in [0.3, 0.4) is 0 Å². The van der Waals surface area contributed by atoms with Crippen LogP contribution in [-0.2, 0) is 0 Å². The number of rotatable bonds is 6. The number of aromatic nitrogens is 1. The first kappa shape index (κ1) is 20.4. The molecule has 0 fully saturated rings. The zero-order valence-corrected chi connectivity index (χ0v) is 17.1. The number of pyridine rings is 1. The minimum Gasteiger partial charge on any atom is -0.508 e. The molecule has 3 aromatic rings. The molecule has 3 N–H and O–H groups in total. The Labute approximate surface area is 169 Å². The van der Waals surface area contributed by atoms with Crippen molar-refractivity contribution in [1.82, 2.24) is 10.3 Å². The Morgan fingerprint density at radius 2 is 2.07 bits per heavy atom. The summed E-state index contributed by atoms with van der Waals surface area (Å²) in [7, 11) is -1.14. The summed E-state index contributed by atoms with van der Waals surface area (Å²) in [6.07, 6.45) is 3.15. The number of hydrogen-bond acceptors (Lipinski definition) is 7. The number of nitrogens with zero attached hydrogens (tertiary/aromatic N) is 2. The first-order valence-corrected chi connectivity index (χ1v) is 10.9. The number of anilines is 2. The maximum absolute atomic E-state index is 12.6. The fraction of sp³-hybridized carbons (Fsp3) is 0.200. The van der Waals surface area contributed by atoms with Crippen LogP contribution >= 0.6 is 10.2 Å². The highest BCUT2D eigenvalue weighted by Gasteiger charge is 2.33. The van der Waals surface area contributed by atoms with E-state index in [0.29, 0.717) is 34.1 Å². The summed E-state index contributed by atoms with van der Waals surface area (Å²) in [5.41, 5.74) is 1.84. The number of phenols is 1. The van der Waals surface area contributed by atoms with Crippen LogP contribution in [0.4, 0.5) is 16.2 Å². The number of nitroso groups, excluding NO2 is 1. The van der Waals surface area contributed by atoms with Crippen LogP contribution in [0.15, 0.2) is 58.1 Å². The minimum atomic E-state index is -2.66. The van der Waals surface area contributed by atoms with E-state index in [1.807, 2.05) is 6.07 Å². The average Bonchev–Trinajstić information content (AvgIpc) is 2.72. The second-order valence-electron chi connectivity index (χ2n) is 6.32. The van der Waals surface area contributed by atoms with Crippen molar-refractivity contribution in [1.29, 1.82) is 0 Å². The van der Waals surface area contributed by atoms with Gasteiger partial charge in [0.05, 0.1) is 12.6 Å². The Morgan fingerprint density at radius 3 is 2.76 bits per heavy atom. The van der Waals surface area contributed by atoms with Crippen LogP contribution < -0.4 is 15.4 Å². The fourth-order valence-electron chi connectivity index (χ4n) is 2.97. The summed E-state index contributed by atoms with van der Waals surface area (Å²) >= 11 is 0. The van der Waals surface area contributed by atoms with E-state index in [1.54, 1.807) is 49.7 Å². The zero-order chi connectivity index (χ0) is 21.0. The molecule has 9 heteroatoms. The van der Waals surface area contributed by atoms with Gasteiger partial charge in [-0.3, -0.25) is 9.78 Å². The van der Waals surface area contributed by atoms with E-state index in [1.165, 1.54) is 13.2 Å². The van der Waals surface area contributed by atoms with Crippen molar-refractivity contribution in [2.45, 2.75) is 11.8 Å². The molecule has 152 valence electrons. The Hall–Kier alpha value is -3.33. The average molecular weight is 414 g/mol. The quantitative estimate of drug-likeness (QED) is 0.495. The molecule has 0 saturated carbocycles. The molecule has 0 aliphatic heterocycles. The maximum Gasteiger partial charge on any atom is 0.287 e. The summed E-state index contributed by atoms with van der Waals surface area (Å²) in [6.45, 7) is 2.19. The van der Waals surface area contributed by atoms with Gasteiger partial charge in [0, 0.05) is 62.8 Å². The number of fused-ring (bicyclic) bond motifs is 1. The second-order valence-corrected chi connectivity index (χ2v) is 9.03. The third kappa shape index (κ3) is 3.95. The van der Waals surface area contributed by atoms with Gasteiger partial charge in [-0.2, -0.15) is 0 Å². The molecule has 0 aliphatic rings. The van der Waals surface area contributed by atoms with Gasteiger partial charge in [-0.15, -0.1) is 4.91 Å². The molecule has 29 heavy (non-hydrogen) atoms. The van der Waals surface area contributed by atoms with Crippen molar-refractivity contribution >= 4 is 37.7 Å². The molecule has 0 bridgehead atoms. The topological polar surface area (TPSA) is 113 Å². The van der Waals surface area contributed by atoms with Gasteiger partial charge in [0.25, 0.3) is 5.24 Å². The predicted octanol–water partition coefficient (Wildman–Crippen LogP) is 4.90. The minimum absolute atomic E-state index is 0.0595. The molecule has 0 saturated heterocycles. The largest absolute Gasteiger partial charge is 0.508 e. The highest BCUT2D eigenvalue weighted by molar-refractivity contribution is 8.43. The molecule has 8 nitrogen and oxygen atoms in total. The number of aromatic hydroxyl groups is 1. The van der Waals surface area contributed by atoms with E-state index in [4.69, 9.17) is 4.74 Å². The first-order chi connectivity index (χ1) is 13.9. The third-order valence-electron chi connectivity index (χ3n) is 4.40. The SMILES string of the molecule is CCNC(=O)S(C)(N=O)c1cccc2c(Nc3cc(O)cc(OC)c3)ccnc12. The summed E-state index contributed by atoms with van der Waals surface area (Å²) in [6, 6.07) is 11.9. The third-order valence-corrected chi connectivity index (χ3v) is 6.75. The molecule has 1 aromatic heterocycles. The number of carbonyl (C=O) groups excluding carboxylic acids is 1. The molecule has 2 aromatic carbocycles. The zero-order valence-electron chi connectivity index (χ0n) is 16.3. The van der Waals surface area contributed by atoms with Gasteiger partial charge in [-0.25, -0.2) is 0 Å². The van der Waals surface area contributed by atoms with Crippen LogP contribution in [0.25, 0.3) is 10.9 Å². The van der Waals surface area contributed by atoms with E-state index in [-0.39, 0.29) is 5.75 Å². The van der Waals surface area contributed by atoms with Crippen LogP contribution in [-0.4, -0.2) is 35.2 Å². The highest BCUT2D eigenvalue weighted by Crippen LogP contribution is 2.56. The summed E-state index contributed by atoms with van der Waals surface area (Å²) in [4.78, 5) is 29.2. The summed E-state index contributed by atoms with van der Waals surface area (Å²) in [5.74, 6) is 0.564. The lowest BCUT2D eigenvalue weighted by Gasteiger charge is -2.26. The molecular formula is C20H22N4O4S. The lowest BCUT2D eigenvalue weighted by atomic mass is 10.1. The van der Waals surface area contributed by atoms with E-state index >= 15 is 0 Å². The molecular weight excluding hydrogens is 392 g/mol. The Kier molecular flexibility index (Phi) is 5.88. The molecule has 0 aliphatic carbocycles. The Balaban J connectivity index is 2.11. The number of phenolic OH excluding ortho intramolecular Hbond substituents is 1. The van der Waals surface area contributed by atoms with Crippen molar-refractivity contribution in [3.63, 3.8) is 0 Å². The number of amides is 1. The molecule has 0 spiro atoms. The summed E-state index contributed by atoms with van der Waals surface area (Å²) in [5, 5.41) is 16.1. The maximum atomic E-state index is 12.6. The molecule has 0 radical (unpaired) electrons. The van der Waals surface area contributed by atoms with Gasteiger partial charge in [0.15, 0.2) is 0 Å². The first-order valence-electron chi connectivity index (χ1n) is 8.86. The lowest BCUT2D eigenvalue weighted by Crippen LogP contribution is -2.25. The molecule has 3 rings (SSSR count). The van der Waals surface area contributed by atoms with Crippen LogP contribution in [0, 0.1) is 4.91 Å². The number of nitrogens with one attached hydrogen (secondary N) is 2. The fourth-order valence-corrected chi connectivity index (χ4v) is 4.62. The monoisotopic (exact) mass is 414 g/mol. The second kappa shape index (κ2) is 8.36. The van der Waals surface area contributed by atoms with Crippen LogP contribution in [0.5, 0.6) is 11.5 Å². The van der Waals surface area contributed by atoms with Crippen molar-refractivity contribution in [3.05, 3.63) is 53.6 Å². The van der Waals surface area contributed by atoms with Crippen LogP contribution in [0.2, 0.25) is 0 Å². The number of ether oxygens (including phenoxy) is 1. The number of benzene rings is 2. The normalized spacial score (nSPS) is 13.9. The summed E-state index contributed by atoms with van der Waals surface area (Å²) < 4.78 is 8.41. The molecule has 1 unspecified atom stereocenters. The van der Waals surface area contributed by atoms with E-state index in [2.05, 4.69) is 20.2 Å². The number of methoxy groups -OCH3 is 1. The van der Waals surface area contributed by atoms with E-state index < -0.39 is 15.5 Å². The van der Waals surface area contributed by atoms with Gasteiger partial charge in [-0.1, -0.05) is 12.1 Å². The van der Waals surface area contributed by atoms with Crippen molar-refractivity contribution in [2.75, 3.05) is 25.2 Å². The predicted molar refractivity (Wildman–Crippen MR) is 116 cm³/mol. The van der Waals surface area contributed by atoms with Gasteiger partial charge in [0.1, 0.15) is 11.5 Å². The van der Waals surface area contributed by atoms with E-state index in [9.17, 15) is 14.8 Å².